The number of aryl methyl sites for hydroxylation is 3. The standard InChI is InChI=1S/C20H25N3O2.C5H12O/c1-6-15(7-2)25-19-16-10-11-23(18(16)20(24)22(5)21-19)17-9-8-13(3)12-14(17)4;1-3-5(6)4-2/h8-12,15H,6-7H2,1-5H3;5-6H,3-4H2,1-2H3. The highest BCUT2D eigenvalue weighted by Crippen LogP contribution is 2.27. The molecule has 2 aromatic heterocycles. The molecule has 31 heavy (non-hydrogen) atoms. The monoisotopic (exact) mass is 427 g/mol. The summed E-state index contributed by atoms with van der Waals surface area (Å²) in [6.45, 7) is 12.3. The lowest BCUT2D eigenvalue weighted by Gasteiger charge is -2.16. The van der Waals surface area contributed by atoms with Gasteiger partial charge in [-0.05, 0) is 57.2 Å². The Morgan fingerprint density at radius 1 is 1.03 bits per heavy atom. The van der Waals surface area contributed by atoms with Gasteiger partial charge in [-0.3, -0.25) is 4.79 Å². The first-order valence-electron chi connectivity index (χ1n) is 11.3. The van der Waals surface area contributed by atoms with Gasteiger partial charge >= 0.3 is 0 Å². The number of fused-ring (bicyclic) bond motifs is 1. The summed E-state index contributed by atoms with van der Waals surface area (Å²) in [5, 5.41) is 13.8. The van der Waals surface area contributed by atoms with Crippen LogP contribution in [0.1, 0.15) is 64.5 Å². The summed E-state index contributed by atoms with van der Waals surface area (Å²) in [4.78, 5) is 12.8. The maximum atomic E-state index is 12.8. The quantitative estimate of drug-likeness (QED) is 0.571. The van der Waals surface area contributed by atoms with Gasteiger partial charge in [0.05, 0.1) is 11.5 Å². The molecule has 1 aromatic carbocycles. The predicted octanol–water partition coefficient (Wildman–Crippen LogP) is 5.08. The molecular formula is C25H37N3O3. The number of ether oxygens (including phenoxy) is 1. The fourth-order valence-corrected chi connectivity index (χ4v) is 3.48. The summed E-state index contributed by atoms with van der Waals surface area (Å²) >= 11 is 0. The van der Waals surface area contributed by atoms with Crippen molar-refractivity contribution in [1.82, 2.24) is 14.3 Å². The molecule has 6 heteroatoms. The van der Waals surface area contributed by atoms with Crippen LogP contribution in [0.3, 0.4) is 0 Å². The summed E-state index contributed by atoms with van der Waals surface area (Å²) in [7, 11) is 1.67. The van der Waals surface area contributed by atoms with Gasteiger partial charge < -0.3 is 14.4 Å². The Kier molecular flexibility index (Phi) is 8.87. The second-order valence-electron chi connectivity index (χ2n) is 8.00. The first-order valence-corrected chi connectivity index (χ1v) is 11.3. The zero-order valence-corrected chi connectivity index (χ0v) is 20.0. The van der Waals surface area contributed by atoms with Crippen molar-refractivity contribution in [3.05, 3.63) is 51.9 Å². The lowest BCUT2D eigenvalue weighted by atomic mass is 10.1. The Hall–Kier alpha value is -2.60. The number of aliphatic hydroxyl groups excluding tert-OH is 1. The molecule has 0 amide bonds. The molecule has 3 rings (SSSR count). The van der Waals surface area contributed by atoms with Crippen LogP contribution in [-0.4, -0.2) is 31.7 Å². The number of rotatable bonds is 7. The first kappa shape index (κ1) is 24.7. The van der Waals surface area contributed by atoms with Crippen LogP contribution in [-0.2, 0) is 7.05 Å². The molecule has 2 heterocycles. The smallest absolute Gasteiger partial charge is 0.291 e. The van der Waals surface area contributed by atoms with Gasteiger partial charge in [-0.1, -0.05) is 45.4 Å². The third-order valence-corrected chi connectivity index (χ3v) is 5.60. The van der Waals surface area contributed by atoms with Crippen LogP contribution in [0.5, 0.6) is 5.88 Å². The summed E-state index contributed by atoms with van der Waals surface area (Å²) < 4.78 is 9.38. The van der Waals surface area contributed by atoms with Crippen molar-refractivity contribution >= 4 is 10.9 Å². The van der Waals surface area contributed by atoms with Crippen molar-refractivity contribution in [2.24, 2.45) is 7.05 Å². The molecule has 0 saturated carbocycles. The van der Waals surface area contributed by atoms with E-state index in [1.807, 2.05) is 36.7 Å². The van der Waals surface area contributed by atoms with E-state index in [0.29, 0.717) is 11.4 Å². The summed E-state index contributed by atoms with van der Waals surface area (Å²) in [6.07, 6.45) is 5.53. The molecule has 0 spiro atoms. The number of nitrogens with zero attached hydrogens (tertiary/aromatic N) is 3. The number of aliphatic hydroxyl groups is 1. The fourth-order valence-electron chi connectivity index (χ4n) is 3.48. The average Bonchev–Trinajstić information content (AvgIpc) is 3.20. The van der Waals surface area contributed by atoms with Crippen molar-refractivity contribution in [3.63, 3.8) is 0 Å². The number of hydrogen-bond acceptors (Lipinski definition) is 4. The molecule has 0 saturated heterocycles. The van der Waals surface area contributed by atoms with E-state index in [9.17, 15) is 4.79 Å². The molecule has 6 nitrogen and oxygen atoms in total. The normalized spacial score (nSPS) is 11.2. The van der Waals surface area contributed by atoms with E-state index >= 15 is 0 Å². The highest BCUT2D eigenvalue weighted by atomic mass is 16.5. The van der Waals surface area contributed by atoms with E-state index in [2.05, 4.69) is 44.9 Å². The van der Waals surface area contributed by atoms with Gasteiger partial charge in [0, 0.05) is 18.9 Å². The molecule has 3 aromatic rings. The topological polar surface area (TPSA) is 69.3 Å². The van der Waals surface area contributed by atoms with Gasteiger partial charge in [0.1, 0.15) is 11.6 Å². The van der Waals surface area contributed by atoms with Crippen LogP contribution in [0.2, 0.25) is 0 Å². The van der Waals surface area contributed by atoms with Gasteiger partial charge in [0.2, 0.25) is 5.88 Å². The number of aromatic nitrogens is 3. The van der Waals surface area contributed by atoms with E-state index in [4.69, 9.17) is 9.84 Å². The van der Waals surface area contributed by atoms with Crippen LogP contribution in [0.4, 0.5) is 0 Å². The largest absolute Gasteiger partial charge is 0.473 e. The molecular weight excluding hydrogens is 390 g/mol. The zero-order chi connectivity index (χ0) is 23.1. The third kappa shape index (κ3) is 5.76. The maximum Gasteiger partial charge on any atom is 0.291 e. The maximum absolute atomic E-state index is 12.8. The summed E-state index contributed by atoms with van der Waals surface area (Å²) in [5.41, 5.74) is 3.79. The Bertz CT molecular complexity index is 1040. The Morgan fingerprint density at radius 2 is 1.68 bits per heavy atom. The molecule has 0 aliphatic heterocycles. The molecule has 0 unspecified atom stereocenters. The lowest BCUT2D eigenvalue weighted by Crippen LogP contribution is -2.24. The molecule has 0 bridgehead atoms. The lowest BCUT2D eigenvalue weighted by molar-refractivity contribution is 0.166. The van der Waals surface area contributed by atoms with E-state index in [-0.39, 0.29) is 17.8 Å². The Balaban J connectivity index is 0.000000501. The van der Waals surface area contributed by atoms with Gasteiger partial charge in [0.15, 0.2) is 0 Å². The predicted molar refractivity (Wildman–Crippen MR) is 127 cm³/mol. The van der Waals surface area contributed by atoms with Gasteiger partial charge in [-0.25, -0.2) is 4.68 Å². The minimum absolute atomic E-state index is 0.0648. The Labute approximate surface area is 185 Å². The molecule has 0 radical (unpaired) electrons. The van der Waals surface area contributed by atoms with Crippen molar-refractivity contribution in [1.29, 1.82) is 0 Å². The zero-order valence-electron chi connectivity index (χ0n) is 20.0. The van der Waals surface area contributed by atoms with Crippen molar-refractivity contribution in [2.75, 3.05) is 0 Å². The van der Waals surface area contributed by atoms with Crippen molar-refractivity contribution in [2.45, 2.75) is 79.4 Å². The highest BCUT2D eigenvalue weighted by molar-refractivity contribution is 5.85. The van der Waals surface area contributed by atoms with Crippen molar-refractivity contribution < 1.29 is 9.84 Å². The van der Waals surface area contributed by atoms with Crippen LogP contribution >= 0.6 is 0 Å². The van der Waals surface area contributed by atoms with Gasteiger partial charge in [0.25, 0.3) is 5.56 Å². The highest BCUT2D eigenvalue weighted by Gasteiger charge is 2.18. The molecule has 0 aliphatic rings. The Morgan fingerprint density at radius 3 is 2.19 bits per heavy atom. The van der Waals surface area contributed by atoms with Gasteiger partial charge in [-0.15, -0.1) is 5.10 Å². The summed E-state index contributed by atoms with van der Waals surface area (Å²) in [5.74, 6) is 0.523. The molecule has 0 aliphatic carbocycles. The molecule has 1 N–H and O–H groups in total. The van der Waals surface area contributed by atoms with E-state index in [1.165, 1.54) is 10.2 Å². The number of hydrogen-bond donors (Lipinski definition) is 1. The number of benzene rings is 1. The van der Waals surface area contributed by atoms with Crippen LogP contribution in [0.15, 0.2) is 35.3 Å². The van der Waals surface area contributed by atoms with Crippen molar-refractivity contribution in [3.8, 4) is 11.6 Å². The van der Waals surface area contributed by atoms with E-state index in [0.717, 1.165) is 42.3 Å². The minimum atomic E-state index is -0.128. The van der Waals surface area contributed by atoms with E-state index < -0.39 is 0 Å². The summed E-state index contributed by atoms with van der Waals surface area (Å²) in [6, 6.07) is 8.14. The van der Waals surface area contributed by atoms with Crippen LogP contribution < -0.4 is 10.3 Å². The van der Waals surface area contributed by atoms with E-state index in [1.54, 1.807) is 7.05 Å². The van der Waals surface area contributed by atoms with Crippen LogP contribution in [0.25, 0.3) is 16.6 Å². The van der Waals surface area contributed by atoms with Crippen LogP contribution in [0, 0.1) is 13.8 Å². The molecule has 0 fully saturated rings. The first-order chi connectivity index (χ1) is 14.8. The average molecular weight is 428 g/mol. The fraction of sp³-hybridized carbons (Fsp3) is 0.520. The molecule has 170 valence electrons. The molecule has 0 atom stereocenters. The second kappa shape index (κ2) is 11.1. The SMILES string of the molecule is CCC(CC)Oc1nn(C)c(=O)c2c1ccn2-c1ccc(C)cc1C.CCC(O)CC. The second-order valence-corrected chi connectivity index (χ2v) is 8.00. The minimum Gasteiger partial charge on any atom is -0.473 e. The van der Waals surface area contributed by atoms with Gasteiger partial charge in [-0.2, -0.15) is 0 Å². The third-order valence-electron chi connectivity index (χ3n) is 5.60.